The molecule has 0 saturated carbocycles. The monoisotopic (exact) mass is 176 g/mol. The lowest BCUT2D eigenvalue weighted by atomic mass is 10.3. The van der Waals surface area contributed by atoms with Crippen molar-refractivity contribution in [2.45, 2.75) is 26.3 Å². The van der Waals surface area contributed by atoms with Crippen LogP contribution in [-0.4, -0.2) is 20.2 Å². The van der Waals surface area contributed by atoms with E-state index in [0.717, 1.165) is 6.42 Å². The van der Waals surface area contributed by atoms with Crippen molar-refractivity contribution in [3.05, 3.63) is 0 Å². The highest BCUT2D eigenvalue weighted by molar-refractivity contribution is 7.89. The summed E-state index contributed by atoms with van der Waals surface area (Å²) in [5.74, 6) is -0.461. The summed E-state index contributed by atoms with van der Waals surface area (Å²) in [5.41, 5.74) is 0. The van der Waals surface area contributed by atoms with Crippen molar-refractivity contribution in [2.24, 2.45) is 0 Å². The summed E-state index contributed by atoms with van der Waals surface area (Å²) in [6, 6.07) is 1.50. The molecule has 0 heterocycles. The second-order valence-corrected chi connectivity index (χ2v) is 4.10. The van der Waals surface area contributed by atoms with Gasteiger partial charge in [-0.25, -0.2) is 13.1 Å². The van der Waals surface area contributed by atoms with Crippen LogP contribution in [0.15, 0.2) is 0 Å². The van der Waals surface area contributed by atoms with E-state index in [0.29, 0.717) is 0 Å². The van der Waals surface area contributed by atoms with Gasteiger partial charge in [-0.3, -0.25) is 0 Å². The van der Waals surface area contributed by atoms with Crippen LogP contribution in [0.1, 0.15) is 20.3 Å². The topological polar surface area (TPSA) is 70.0 Å². The Bertz CT molecular complexity index is 240. The molecule has 0 amide bonds. The van der Waals surface area contributed by atoms with E-state index in [-0.39, 0.29) is 6.04 Å². The fourth-order valence-electron chi connectivity index (χ4n) is 0.517. The van der Waals surface area contributed by atoms with Crippen molar-refractivity contribution < 1.29 is 8.42 Å². The van der Waals surface area contributed by atoms with Crippen LogP contribution >= 0.6 is 0 Å². The smallest absolute Gasteiger partial charge is 0.212 e. The molecule has 4 nitrogen and oxygen atoms in total. The molecule has 0 aliphatic heterocycles. The average molecular weight is 176 g/mol. The van der Waals surface area contributed by atoms with Crippen molar-refractivity contribution in [2.75, 3.05) is 5.75 Å². The van der Waals surface area contributed by atoms with E-state index in [1.165, 1.54) is 0 Å². The summed E-state index contributed by atoms with van der Waals surface area (Å²) in [7, 11) is -3.35. The predicted molar refractivity (Wildman–Crippen MR) is 42.3 cm³/mol. The minimum atomic E-state index is -3.35. The molecule has 0 rings (SSSR count). The minimum Gasteiger partial charge on any atom is -0.212 e. The molecule has 0 aromatic heterocycles. The molecule has 0 bridgehead atoms. The Morgan fingerprint density at radius 2 is 2.18 bits per heavy atom. The van der Waals surface area contributed by atoms with Crippen LogP contribution in [0.25, 0.3) is 0 Å². The van der Waals surface area contributed by atoms with E-state index in [9.17, 15) is 8.42 Å². The van der Waals surface area contributed by atoms with E-state index >= 15 is 0 Å². The molecule has 0 aliphatic carbocycles. The van der Waals surface area contributed by atoms with E-state index < -0.39 is 15.8 Å². The van der Waals surface area contributed by atoms with Crippen LogP contribution in [0, 0.1) is 11.3 Å². The Labute approximate surface area is 67.3 Å². The lowest BCUT2D eigenvalue weighted by Gasteiger charge is -2.08. The van der Waals surface area contributed by atoms with Gasteiger partial charge in [0.15, 0.2) is 5.75 Å². The van der Waals surface area contributed by atoms with Gasteiger partial charge in [0.2, 0.25) is 10.0 Å². The number of hydrogen-bond donors (Lipinski definition) is 1. The number of rotatable bonds is 4. The van der Waals surface area contributed by atoms with Gasteiger partial charge in [0, 0.05) is 6.04 Å². The molecule has 64 valence electrons. The van der Waals surface area contributed by atoms with Gasteiger partial charge >= 0.3 is 0 Å². The van der Waals surface area contributed by atoms with Gasteiger partial charge < -0.3 is 0 Å². The van der Waals surface area contributed by atoms with Crippen LogP contribution < -0.4 is 4.72 Å². The third-order valence-corrected chi connectivity index (χ3v) is 2.52. The van der Waals surface area contributed by atoms with Crippen LogP contribution in [0.2, 0.25) is 0 Å². The summed E-state index contributed by atoms with van der Waals surface area (Å²) < 4.78 is 24.1. The van der Waals surface area contributed by atoms with E-state index in [2.05, 4.69) is 4.72 Å². The van der Waals surface area contributed by atoms with Crippen molar-refractivity contribution >= 4 is 10.0 Å². The summed E-state index contributed by atoms with van der Waals surface area (Å²) in [4.78, 5) is 0. The highest BCUT2D eigenvalue weighted by Gasteiger charge is 2.11. The molecular formula is C6H12N2O2S. The van der Waals surface area contributed by atoms with Gasteiger partial charge in [-0.1, -0.05) is 6.92 Å². The second kappa shape index (κ2) is 4.31. The van der Waals surface area contributed by atoms with Crippen LogP contribution in [0.5, 0.6) is 0 Å². The predicted octanol–water partition coefficient (Wildman–Crippen LogP) is 0.228. The third kappa shape index (κ3) is 4.76. The molecule has 0 spiro atoms. The first kappa shape index (κ1) is 10.4. The van der Waals surface area contributed by atoms with Gasteiger partial charge in [-0.05, 0) is 13.3 Å². The Kier molecular flexibility index (Phi) is 4.08. The van der Waals surface area contributed by atoms with Gasteiger partial charge in [0.05, 0.1) is 6.07 Å². The van der Waals surface area contributed by atoms with Crippen molar-refractivity contribution in [1.29, 1.82) is 5.26 Å². The first-order chi connectivity index (χ1) is 5.02. The number of hydrogen-bond acceptors (Lipinski definition) is 3. The highest BCUT2D eigenvalue weighted by Crippen LogP contribution is 1.92. The second-order valence-electron chi connectivity index (χ2n) is 2.34. The fourth-order valence-corrected chi connectivity index (χ4v) is 1.55. The zero-order valence-corrected chi connectivity index (χ0v) is 7.48. The Balaban J connectivity index is 4.05. The van der Waals surface area contributed by atoms with Gasteiger partial charge in [-0.15, -0.1) is 0 Å². The molecule has 0 radical (unpaired) electrons. The molecule has 1 atom stereocenters. The standard InChI is InChI=1S/C6H12N2O2S/c1-3-6(2)8-11(9,10)5-4-7/h6,8H,3,5H2,1-2H3. The maximum atomic E-state index is 10.9. The van der Waals surface area contributed by atoms with Crippen molar-refractivity contribution in [3.8, 4) is 6.07 Å². The van der Waals surface area contributed by atoms with Gasteiger partial charge in [0.1, 0.15) is 0 Å². The first-order valence-corrected chi connectivity index (χ1v) is 5.04. The molecule has 0 aliphatic rings. The molecule has 0 fully saturated rings. The zero-order chi connectivity index (χ0) is 8.91. The Morgan fingerprint density at radius 3 is 2.55 bits per heavy atom. The maximum Gasteiger partial charge on any atom is 0.225 e. The summed E-state index contributed by atoms with van der Waals surface area (Å²) in [6.07, 6.45) is 0.727. The van der Waals surface area contributed by atoms with Gasteiger partial charge in [0.25, 0.3) is 0 Å². The lowest BCUT2D eigenvalue weighted by Crippen LogP contribution is -2.33. The minimum absolute atomic E-state index is 0.0895. The molecule has 1 N–H and O–H groups in total. The number of nitrogens with zero attached hydrogens (tertiary/aromatic N) is 1. The molecule has 0 aromatic rings. The van der Waals surface area contributed by atoms with E-state index in [1.807, 2.05) is 6.92 Å². The summed E-state index contributed by atoms with van der Waals surface area (Å²) in [5, 5.41) is 8.12. The van der Waals surface area contributed by atoms with Crippen LogP contribution in [-0.2, 0) is 10.0 Å². The zero-order valence-electron chi connectivity index (χ0n) is 6.66. The largest absolute Gasteiger partial charge is 0.225 e. The molecule has 0 aromatic carbocycles. The van der Waals surface area contributed by atoms with Crippen molar-refractivity contribution in [3.63, 3.8) is 0 Å². The number of nitrogens with one attached hydrogen (secondary N) is 1. The molecule has 1 unspecified atom stereocenters. The fraction of sp³-hybridized carbons (Fsp3) is 0.833. The normalized spacial score (nSPS) is 13.9. The SMILES string of the molecule is CCC(C)NS(=O)(=O)CC#N. The van der Waals surface area contributed by atoms with Crippen LogP contribution in [0.4, 0.5) is 0 Å². The lowest BCUT2D eigenvalue weighted by molar-refractivity contribution is 0.559. The number of nitriles is 1. The molecule has 5 heteroatoms. The highest BCUT2D eigenvalue weighted by atomic mass is 32.2. The first-order valence-electron chi connectivity index (χ1n) is 3.38. The Morgan fingerprint density at radius 1 is 1.64 bits per heavy atom. The van der Waals surface area contributed by atoms with Crippen molar-refractivity contribution in [1.82, 2.24) is 4.72 Å². The Hall–Kier alpha value is -0.600. The summed E-state index contributed by atoms with van der Waals surface area (Å²) in [6.45, 7) is 3.63. The molecular weight excluding hydrogens is 164 g/mol. The number of sulfonamides is 1. The van der Waals surface area contributed by atoms with E-state index in [1.54, 1.807) is 13.0 Å². The van der Waals surface area contributed by atoms with Gasteiger partial charge in [-0.2, -0.15) is 5.26 Å². The maximum absolute atomic E-state index is 10.9. The molecule has 11 heavy (non-hydrogen) atoms. The quantitative estimate of drug-likeness (QED) is 0.666. The van der Waals surface area contributed by atoms with Crippen LogP contribution in [0.3, 0.4) is 0 Å². The third-order valence-electron chi connectivity index (χ3n) is 1.25. The molecule has 0 saturated heterocycles. The van der Waals surface area contributed by atoms with E-state index in [4.69, 9.17) is 5.26 Å². The summed E-state index contributed by atoms with van der Waals surface area (Å²) >= 11 is 0. The average Bonchev–Trinajstić information content (AvgIpc) is 1.86.